The van der Waals surface area contributed by atoms with E-state index in [1.54, 1.807) is 6.07 Å². The zero-order chi connectivity index (χ0) is 18.2. The van der Waals surface area contributed by atoms with Crippen LogP contribution in [0.25, 0.3) is 0 Å². The minimum atomic E-state index is -1.50. The number of aryl methyl sites for hydroxylation is 1. The highest BCUT2D eigenvalue weighted by atomic mass is 28.3. The van der Waals surface area contributed by atoms with Crippen molar-refractivity contribution in [3.63, 3.8) is 0 Å². The maximum Gasteiger partial charge on any atom is 0.147 e. The summed E-state index contributed by atoms with van der Waals surface area (Å²) in [6.45, 7) is 20.1. The second kappa shape index (κ2) is 6.71. The van der Waals surface area contributed by atoms with Crippen molar-refractivity contribution in [3.05, 3.63) is 64.2 Å². The van der Waals surface area contributed by atoms with Crippen LogP contribution in [0.5, 0.6) is 0 Å². The summed E-state index contributed by atoms with van der Waals surface area (Å²) in [5.74, 6) is 0.811. The van der Waals surface area contributed by atoms with Gasteiger partial charge in [0.25, 0.3) is 0 Å². The van der Waals surface area contributed by atoms with E-state index in [0.717, 1.165) is 17.2 Å². The minimum absolute atomic E-state index is 0.205. The summed E-state index contributed by atoms with van der Waals surface area (Å²) in [5.41, 5.74) is 3.38. The Balaban J connectivity index is 2.59. The molecule has 0 bridgehead atoms. The van der Waals surface area contributed by atoms with E-state index >= 15 is 0 Å². The second-order valence-corrected chi connectivity index (χ2v) is 13.3. The molecule has 3 heteroatoms. The average molecular weight is 344 g/mol. The third kappa shape index (κ3) is 3.72. The van der Waals surface area contributed by atoms with E-state index in [0.29, 0.717) is 11.8 Å². The Labute approximate surface area is 147 Å². The van der Waals surface area contributed by atoms with Crippen LogP contribution in [0.2, 0.25) is 19.6 Å². The summed E-state index contributed by atoms with van der Waals surface area (Å²) < 4.78 is 15.7. The van der Waals surface area contributed by atoms with Gasteiger partial charge in [-0.15, -0.1) is 0 Å². The monoisotopic (exact) mass is 343 g/mol. The van der Waals surface area contributed by atoms with Crippen LogP contribution in [0, 0.1) is 30.6 Å². The molecule has 1 aromatic carbocycles. The van der Waals surface area contributed by atoms with E-state index in [1.807, 2.05) is 17.6 Å². The summed E-state index contributed by atoms with van der Waals surface area (Å²) >= 11 is 0. The van der Waals surface area contributed by atoms with Crippen molar-refractivity contribution in [1.29, 1.82) is 0 Å². The van der Waals surface area contributed by atoms with E-state index in [2.05, 4.69) is 59.4 Å². The van der Waals surface area contributed by atoms with Gasteiger partial charge < -0.3 is 0 Å². The standard InChI is InChI=1S/C21H30FNSi/c1-14(2)16(4)19-12-20(18-11-17(22)10-9-15(18)3)23(5)13-21(19)24(6,7)8/h9-14,16H,5H2,1-4,6-8H3. The fourth-order valence-corrected chi connectivity index (χ4v) is 4.78. The third-order valence-electron chi connectivity index (χ3n) is 4.97. The average Bonchev–Trinajstić information content (AvgIpc) is 2.48. The van der Waals surface area contributed by atoms with Crippen molar-refractivity contribution in [2.45, 2.75) is 47.3 Å². The molecule has 1 unspecified atom stereocenters. The van der Waals surface area contributed by atoms with Crippen LogP contribution < -0.4 is 0 Å². The van der Waals surface area contributed by atoms with Gasteiger partial charge in [0.05, 0.1) is 20.6 Å². The molecule has 1 aromatic rings. The Bertz CT molecular complexity index is 707. The number of hydrogen-bond acceptors (Lipinski definition) is 0. The van der Waals surface area contributed by atoms with Crippen molar-refractivity contribution < 1.29 is 8.97 Å². The van der Waals surface area contributed by atoms with Gasteiger partial charge in [0.1, 0.15) is 12.2 Å². The number of benzene rings is 1. The summed E-state index contributed by atoms with van der Waals surface area (Å²) in [7, 11) is -1.50. The number of allylic oxidation sites excluding steroid dienone is 2. The zero-order valence-electron chi connectivity index (χ0n) is 16.1. The molecule has 0 aliphatic carbocycles. The first kappa shape index (κ1) is 18.7. The van der Waals surface area contributed by atoms with E-state index in [4.69, 9.17) is 0 Å². The second-order valence-electron chi connectivity index (χ2n) is 8.24. The molecular formula is C21H30FNSi. The van der Waals surface area contributed by atoms with E-state index < -0.39 is 8.07 Å². The molecule has 1 atom stereocenters. The topological polar surface area (TPSA) is 3.01 Å². The highest BCUT2D eigenvalue weighted by molar-refractivity contribution is 6.84. The first-order chi connectivity index (χ1) is 11.0. The number of hydrogen-bond donors (Lipinski definition) is 0. The smallest absolute Gasteiger partial charge is 0.147 e. The first-order valence-corrected chi connectivity index (χ1v) is 12.2. The molecule has 1 aliphatic heterocycles. The van der Waals surface area contributed by atoms with Gasteiger partial charge in [0.2, 0.25) is 0 Å². The van der Waals surface area contributed by atoms with E-state index in [1.165, 1.54) is 16.8 Å². The van der Waals surface area contributed by atoms with Crippen LogP contribution in [0.4, 0.5) is 4.39 Å². The molecule has 2 rings (SSSR count). The lowest BCUT2D eigenvalue weighted by atomic mass is 9.86. The van der Waals surface area contributed by atoms with Crippen molar-refractivity contribution in [3.8, 4) is 0 Å². The number of rotatable bonds is 4. The van der Waals surface area contributed by atoms with Crippen LogP contribution in [0.1, 0.15) is 31.9 Å². The van der Waals surface area contributed by atoms with Gasteiger partial charge in [-0.2, -0.15) is 0 Å². The molecule has 0 spiro atoms. The van der Waals surface area contributed by atoms with Gasteiger partial charge >= 0.3 is 0 Å². The molecule has 130 valence electrons. The lowest BCUT2D eigenvalue weighted by molar-refractivity contribution is -0.418. The molecule has 0 aromatic heterocycles. The highest BCUT2D eigenvalue weighted by Crippen LogP contribution is 2.38. The van der Waals surface area contributed by atoms with Gasteiger partial charge in [-0.3, -0.25) is 4.58 Å². The highest BCUT2D eigenvalue weighted by Gasteiger charge is 2.32. The molecule has 0 saturated heterocycles. The normalized spacial score (nSPS) is 17.0. The molecular weight excluding hydrogens is 313 g/mol. The van der Waals surface area contributed by atoms with Crippen molar-refractivity contribution in [2.75, 3.05) is 0 Å². The molecule has 0 radical (unpaired) electrons. The van der Waals surface area contributed by atoms with Crippen LogP contribution in [-0.2, 0) is 0 Å². The Hall–Kier alpha value is -1.61. The molecule has 0 amide bonds. The van der Waals surface area contributed by atoms with E-state index in [-0.39, 0.29) is 5.82 Å². The summed E-state index contributed by atoms with van der Waals surface area (Å²) in [6.07, 6.45) is 4.42. The predicted octanol–water partition coefficient (Wildman–Crippen LogP) is 5.72. The Morgan fingerprint density at radius 3 is 2.33 bits per heavy atom. The summed E-state index contributed by atoms with van der Waals surface area (Å²) in [6, 6.07) is 5.95. The Morgan fingerprint density at radius 1 is 1.17 bits per heavy atom. The predicted molar refractivity (Wildman–Crippen MR) is 104 cm³/mol. The molecule has 24 heavy (non-hydrogen) atoms. The molecule has 1 nitrogen and oxygen atoms in total. The molecule has 0 saturated carbocycles. The maximum atomic E-state index is 13.8. The molecule has 0 N–H and O–H groups in total. The molecule has 1 aliphatic rings. The van der Waals surface area contributed by atoms with Gasteiger partial charge in [0, 0.05) is 0 Å². The zero-order valence-corrected chi connectivity index (χ0v) is 17.1. The lowest BCUT2D eigenvalue weighted by Gasteiger charge is -2.35. The van der Waals surface area contributed by atoms with Gasteiger partial charge in [-0.05, 0) is 34.7 Å². The van der Waals surface area contributed by atoms with Gasteiger partial charge in [-0.1, -0.05) is 70.6 Å². The fraction of sp³-hybridized carbons (Fsp3) is 0.429. The van der Waals surface area contributed by atoms with Gasteiger partial charge in [0.15, 0.2) is 0 Å². The lowest BCUT2D eigenvalue weighted by Crippen LogP contribution is -2.33. The Kier molecular flexibility index (Phi) is 5.24. The summed E-state index contributed by atoms with van der Waals surface area (Å²) in [4.78, 5) is 0. The van der Waals surface area contributed by atoms with Crippen LogP contribution in [-0.4, -0.2) is 19.4 Å². The van der Waals surface area contributed by atoms with Crippen molar-refractivity contribution in [2.24, 2.45) is 11.8 Å². The third-order valence-corrected chi connectivity index (χ3v) is 7.01. The van der Waals surface area contributed by atoms with Crippen LogP contribution >= 0.6 is 0 Å². The maximum absolute atomic E-state index is 13.8. The summed E-state index contributed by atoms with van der Waals surface area (Å²) in [5, 5.41) is 1.44. The van der Waals surface area contributed by atoms with Crippen LogP contribution in [0.3, 0.4) is 0 Å². The van der Waals surface area contributed by atoms with Gasteiger partial charge in [-0.25, -0.2) is 4.39 Å². The first-order valence-electron chi connectivity index (χ1n) is 8.70. The SMILES string of the molecule is C=[N+]1C=C([Si](C)(C)C)C(C(C)C(C)C)=C[C-]1c1cc(F)ccc1C. The van der Waals surface area contributed by atoms with Crippen molar-refractivity contribution >= 4 is 14.8 Å². The number of halogens is 1. The van der Waals surface area contributed by atoms with Crippen molar-refractivity contribution in [1.82, 2.24) is 0 Å². The Morgan fingerprint density at radius 2 is 1.79 bits per heavy atom. The fourth-order valence-electron chi connectivity index (χ4n) is 3.07. The molecule has 1 heterocycles. The quantitative estimate of drug-likeness (QED) is 0.373. The number of nitrogens with zero attached hydrogens (tertiary/aromatic N) is 1. The minimum Gasteiger partial charge on any atom is -0.255 e. The van der Waals surface area contributed by atoms with E-state index in [9.17, 15) is 4.39 Å². The largest absolute Gasteiger partial charge is 0.255 e. The molecule has 0 fully saturated rings. The van der Waals surface area contributed by atoms with Crippen LogP contribution in [0.15, 0.2) is 41.2 Å².